The zero-order valence-corrected chi connectivity index (χ0v) is 11.3. The van der Waals surface area contributed by atoms with Crippen LogP contribution in [0.4, 0.5) is 0 Å². The molecule has 1 fully saturated rings. The van der Waals surface area contributed by atoms with Gasteiger partial charge in [-0.25, -0.2) is 0 Å². The first-order valence-electron chi connectivity index (χ1n) is 6.93. The monoisotopic (exact) mass is 248 g/mol. The van der Waals surface area contributed by atoms with Crippen molar-refractivity contribution in [1.29, 1.82) is 0 Å². The van der Waals surface area contributed by atoms with Crippen molar-refractivity contribution in [1.82, 2.24) is 4.90 Å². The lowest BCUT2D eigenvalue weighted by molar-refractivity contribution is 0.157. The van der Waals surface area contributed by atoms with Gasteiger partial charge in [0.25, 0.3) is 0 Å². The normalized spacial score (nSPS) is 18.6. The summed E-state index contributed by atoms with van der Waals surface area (Å²) in [5, 5.41) is 0. The largest absolute Gasteiger partial charge is 0.497 e. The van der Waals surface area contributed by atoms with Crippen LogP contribution < -0.4 is 10.5 Å². The summed E-state index contributed by atoms with van der Waals surface area (Å²) >= 11 is 0. The minimum Gasteiger partial charge on any atom is -0.497 e. The Bertz CT molecular complexity index is 344. The van der Waals surface area contributed by atoms with Gasteiger partial charge in [0.05, 0.1) is 7.11 Å². The van der Waals surface area contributed by atoms with Gasteiger partial charge in [0.15, 0.2) is 0 Å². The second-order valence-electron chi connectivity index (χ2n) is 4.96. The Labute approximate surface area is 110 Å². The van der Waals surface area contributed by atoms with Crippen molar-refractivity contribution < 1.29 is 4.74 Å². The Balaban J connectivity index is 2.11. The van der Waals surface area contributed by atoms with Crippen LogP contribution in [0.15, 0.2) is 24.3 Å². The fraction of sp³-hybridized carbons (Fsp3) is 0.600. The molecule has 0 aromatic heterocycles. The van der Waals surface area contributed by atoms with Gasteiger partial charge in [0, 0.05) is 6.04 Å². The molecule has 18 heavy (non-hydrogen) atoms. The second-order valence-corrected chi connectivity index (χ2v) is 4.96. The maximum Gasteiger partial charge on any atom is 0.118 e. The highest BCUT2D eigenvalue weighted by Gasteiger charge is 2.21. The lowest BCUT2D eigenvalue weighted by atomic mass is 9.99. The van der Waals surface area contributed by atoms with E-state index in [2.05, 4.69) is 17.0 Å². The number of ether oxygens (including phenoxy) is 1. The molecule has 3 nitrogen and oxygen atoms in total. The molecule has 3 heteroatoms. The summed E-state index contributed by atoms with van der Waals surface area (Å²) < 4.78 is 5.22. The first-order valence-corrected chi connectivity index (χ1v) is 6.93. The van der Waals surface area contributed by atoms with Crippen molar-refractivity contribution in [3.05, 3.63) is 29.8 Å². The van der Waals surface area contributed by atoms with Gasteiger partial charge in [0.2, 0.25) is 0 Å². The number of nitrogens with zero attached hydrogens (tertiary/aromatic N) is 1. The third-order valence-corrected chi connectivity index (χ3v) is 3.77. The van der Waals surface area contributed by atoms with Crippen molar-refractivity contribution in [2.45, 2.75) is 31.7 Å². The molecule has 1 saturated heterocycles. The van der Waals surface area contributed by atoms with Crippen molar-refractivity contribution in [2.24, 2.45) is 5.73 Å². The van der Waals surface area contributed by atoms with Gasteiger partial charge in [-0.2, -0.15) is 0 Å². The molecule has 0 saturated carbocycles. The highest BCUT2D eigenvalue weighted by molar-refractivity contribution is 5.29. The van der Waals surface area contributed by atoms with Crippen LogP contribution in [-0.4, -0.2) is 31.6 Å². The smallest absolute Gasteiger partial charge is 0.118 e. The van der Waals surface area contributed by atoms with Gasteiger partial charge in [-0.05, 0) is 56.6 Å². The molecular formula is C15H24N2O. The minimum atomic E-state index is 0.473. The predicted molar refractivity (Wildman–Crippen MR) is 74.8 cm³/mol. The van der Waals surface area contributed by atoms with Crippen molar-refractivity contribution in [2.75, 3.05) is 26.7 Å². The molecule has 1 unspecified atom stereocenters. The molecule has 0 spiro atoms. The van der Waals surface area contributed by atoms with Gasteiger partial charge in [-0.3, -0.25) is 4.90 Å². The number of piperidine rings is 1. The summed E-state index contributed by atoms with van der Waals surface area (Å²) in [6.07, 6.45) is 5.04. The summed E-state index contributed by atoms with van der Waals surface area (Å²) in [5.41, 5.74) is 7.14. The van der Waals surface area contributed by atoms with E-state index in [4.69, 9.17) is 10.5 Å². The number of likely N-dealkylation sites (tertiary alicyclic amines) is 1. The van der Waals surface area contributed by atoms with Crippen LogP contribution in [0.2, 0.25) is 0 Å². The van der Waals surface area contributed by atoms with Crippen LogP contribution in [0.3, 0.4) is 0 Å². The molecule has 1 aliphatic rings. The van der Waals surface area contributed by atoms with E-state index < -0.39 is 0 Å². The molecule has 1 aromatic rings. The van der Waals surface area contributed by atoms with E-state index in [-0.39, 0.29) is 0 Å². The van der Waals surface area contributed by atoms with Gasteiger partial charge < -0.3 is 10.5 Å². The highest BCUT2D eigenvalue weighted by Crippen LogP contribution is 2.28. The first-order chi connectivity index (χ1) is 8.85. The molecular weight excluding hydrogens is 224 g/mol. The third-order valence-electron chi connectivity index (χ3n) is 3.77. The zero-order valence-electron chi connectivity index (χ0n) is 11.3. The Kier molecular flexibility index (Phi) is 5.02. The van der Waals surface area contributed by atoms with E-state index in [9.17, 15) is 0 Å². The van der Waals surface area contributed by atoms with Crippen LogP contribution in [0.1, 0.15) is 37.3 Å². The first kappa shape index (κ1) is 13.4. The Hall–Kier alpha value is -1.06. The van der Waals surface area contributed by atoms with Gasteiger partial charge in [0.1, 0.15) is 5.75 Å². The minimum absolute atomic E-state index is 0.473. The lowest BCUT2D eigenvalue weighted by Crippen LogP contribution is -2.34. The summed E-state index contributed by atoms with van der Waals surface area (Å²) in [6.45, 7) is 3.15. The molecule has 100 valence electrons. The van der Waals surface area contributed by atoms with E-state index >= 15 is 0 Å². The van der Waals surface area contributed by atoms with Crippen LogP contribution in [0.5, 0.6) is 5.75 Å². The average molecular weight is 248 g/mol. The second kappa shape index (κ2) is 6.76. The van der Waals surface area contributed by atoms with E-state index in [1.807, 2.05) is 12.1 Å². The summed E-state index contributed by atoms with van der Waals surface area (Å²) in [7, 11) is 1.71. The van der Waals surface area contributed by atoms with Crippen LogP contribution in [0, 0.1) is 0 Å². The molecule has 1 aliphatic heterocycles. The number of rotatable bonds is 5. The van der Waals surface area contributed by atoms with E-state index in [0.29, 0.717) is 6.04 Å². The van der Waals surface area contributed by atoms with E-state index in [1.54, 1.807) is 7.11 Å². The lowest BCUT2D eigenvalue weighted by Gasteiger charge is -2.34. The van der Waals surface area contributed by atoms with Gasteiger partial charge in [-0.15, -0.1) is 0 Å². The van der Waals surface area contributed by atoms with Crippen molar-refractivity contribution in [3.63, 3.8) is 0 Å². The van der Waals surface area contributed by atoms with E-state index in [1.165, 1.54) is 37.9 Å². The summed E-state index contributed by atoms with van der Waals surface area (Å²) in [4.78, 5) is 2.58. The molecule has 1 atom stereocenters. The number of benzene rings is 1. The van der Waals surface area contributed by atoms with Crippen LogP contribution in [0.25, 0.3) is 0 Å². The van der Waals surface area contributed by atoms with Crippen molar-refractivity contribution >= 4 is 0 Å². The maximum absolute atomic E-state index is 5.78. The number of nitrogens with two attached hydrogens (primary N) is 1. The van der Waals surface area contributed by atoms with Crippen LogP contribution >= 0.6 is 0 Å². The van der Waals surface area contributed by atoms with Crippen LogP contribution in [-0.2, 0) is 0 Å². The van der Waals surface area contributed by atoms with Gasteiger partial charge >= 0.3 is 0 Å². The molecule has 0 bridgehead atoms. The standard InChI is InChI=1S/C15H24N2O/c1-18-14-7-5-13(6-8-14)15(9-10-16)17-11-3-2-4-12-17/h5-8,15H,2-4,9-12,16H2,1H3. The molecule has 2 rings (SSSR count). The SMILES string of the molecule is COc1ccc(C(CCN)N2CCCCC2)cc1. The predicted octanol–water partition coefficient (Wildman–Crippen LogP) is 2.57. The summed E-state index contributed by atoms with van der Waals surface area (Å²) in [6, 6.07) is 8.91. The molecule has 1 aromatic carbocycles. The molecule has 0 aliphatic carbocycles. The Morgan fingerprint density at radius 2 is 1.83 bits per heavy atom. The third kappa shape index (κ3) is 3.24. The number of methoxy groups -OCH3 is 1. The molecule has 2 N–H and O–H groups in total. The quantitative estimate of drug-likeness (QED) is 0.870. The molecule has 0 radical (unpaired) electrons. The van der Waals surface area contributed by atoms with Crippen molar-refractivity contribution in [3.8, 4) is 5.75 Å². The zero-order chi connectivity index (χ0) is 12.8. The fourth-order valence-corrected chi connectivity index (χ4v) is 2.77. The Morgan fingerprint density at radius 3 is 2.39 bits per heavy atom. The number of hydrogen-bond donors (Lipinski definition) is 1. The fourth-order valence-electron chi connectivity index (χ4n) is 2.77. The maximum atomic E-state index is 5.78. The summed E-state index contributed by atoms with van der Waals surface area (Å²) in [5.74, 6) is 0.920. The van der Waals surface area contributed by atoms with Gasteiger partial charge in [-0.1, -0.05) is 18.6 Å². The average Bonchev–Trinajstić information content (AvgIpc) is 2.46. The Morgan fingerprint density at radius 1 is 1.17 bits per heavy atom. The molecule has 0 amide bonds. The molecule has 1 heterocycles. The topological polar surface area (TPSA) is 38.5 Å². The number of hydrogen-bond acceptors (Lipinski definition) is 3. The highest BCUT2D eigenvalue weighted by atomic mass is 16.5. The van der Waals surface area contributed by atoms with E-state index in [0.717, 1.165) is 18.7 Å².